The molecule has 1 heterocycles. The molecule has 2 amide bonds. The Morgan fingerprint density at radius 1 is 1.06 bits per heavy atom. The van der Waals surface area contributed by atoms with Gasteiger partial charge in [0.15, 0.2) is 0 Å². The van der Waals surface area contributed by atoms with Gasteiger partial charge in [-0.2, -0.15) is 5.26 Å². The number of amides is 2. The Morgan fingerprint density at radius 3 is 2.25 bits per heavy atom. The van der Waals surface area contributed by atoms with Gasteiger partial charge in [-0.25, -0.2) is 0 Å². The third-order valence-corrected chi connectivity index (χ3v) is 6.86. The number of benzene rings is 2. The Hall–Kier alpha value is -3.04. The van der Waals surface area contributed by atoms with Gasteiger partial charge in [0, 0.05) is 12.7 Å². The van der Waals surface area contributed by atoms with Crippen LogP contribution in [0.4, 0.5) is 5.69 Å². The van der Waals surface area contributed by atoms with Crippen molar-refractivity contribution in [3.8, 4) is 6.07 Å². The van der Waals surface area contributed by atoms with Crippen molar-refractivity contribution in [3.05, 3.63) is 75.8 Å². The van der Waals surface area contributed by atoms with E-state index in [1.165, 1.54) is 29.3 Å². The standard InChI is InChI=1S/C26H29N3O2S/c1-4-6-7-19-8-10-20(11-9-19)16-23-25(31)29(21-14-12-18(5-2)13-15-21)26(32-23)22(17-27)24(30)28-3/h8-15,23H,4-7,16H2,1-3H3,(H,28,30)/b26-22-. The number of carbonyl (C=O) groups excluding carboxylic acids is 2. The second-order valence-electron chi connectivity index (χ2n) is 7.80. The van der Waals surface area contributed by atoms with Crippen LogP contribution in [0.5, 0.6) is 0 Å². The molecule has 1 unspecified atom stereocenters. The van der Waals surface area contributed by atoms with Crippen molar-refractivity contribution in [3.63, 3.8) is 0 Å². The number of aryl methyl sites for hydroxylation is 2. The van der Waals surface area contributed by atoms with E-state index in [9.17, 15) is 14.9 Å². The molecule has 0 saturated carbocycles. The first kappa shape index (κ1) is 23.6. The molecule has 0 aromatic heterocycles. The summed E-state index contributed by atoms with van der Waals surface area (Å²) in [5.74, 6) is -0.597. The fourth-order valence-corrected chi connectivity index (χ4v) is 4.97. The van der Waals surface area contributed by atoms with Crippen molar-refractivity contribution in [2.24, 2.45) is 0 Å². The predicted molar refractivity (Wildman–Crippen MR) is 130 cm³/mol. The van der Waals surface area contributed by atoms with E-state index in [4.69, 9.17) is 0 Å². The molecule has 32 heavy (non-hydrogen) atoms. The maximum atomic E-state index is 13.4. The van der Waals surface area contributed by atoms with Gasteiger partial charge in [-0.3, -0.25) is 14.5 Å². The lowest BCUT2D eigenvalue weighted by molar-refractivity contribution is -0.117. The van der Waals surface area contributed by atoms with Gasteiger partial charge in [-0.1, -0.05) is 68.4 Å². The lowest BCUT2D eigenvalue weighted by Gasteiger charge is -2.19. The number of carbonyl (C=O) groups is 2. The van der Waals surface area contributed by atoms with Crippen LogP contribution in [0.1, 0.15) is 43.4 Å². The maximum absolute atomic E-state index is 13.4. The molecule has 1 N–H and O–H groups in total. The minimum atomic E-state index is -0.487. The number of unbranched alkanes of at least 4 members (excludes halogenated alkanes) is 1. The van der Waals surface area contributed by atoms with Crippen LogP contribution in [-0.4, -0.2) is 24.1 Å². The van der Waals surface area contributed by atoms with Crippen LogP contribution in [0.3, 0.4) is 0 Å². The number of nitrogens with zero attached hydrogens (tertiary/aromatic N) is 2. The van der Waals surface area contributed by atoms with Gasteiger partial charge in [0.05, 0.1) is 5.25 Å². The van der Waals surface area contributed by atoms with Crippen LogP contribution in [0.2, 0.25) is 0 Å². The molecule has 1 fully saturated rings. The molecular formula is C26H29N3O2S. The molecule has 1 atom stereocenters. The maximum Gasteiger partial charge on any atom is 0.264 e. The average molecular weight is 448 g/mol. The third-order valence-electron chi connectivity index (χ3n) is 5.60. The number of nitrogens with one attached hydrogen (secondary N) is 1. The SMILES string of the molecule is CCCCc1ccc(CC2S/C(=C(/C#N)C(=O)NC)N(c3ccc(CC)cc3)C2=O)cc1. The number of thioether (sulfide) groups is 1. The zero-order chi connectivity index (χ0) is 23.1. The Labute approximate surface area is 194 Å². The highest BCUT2D eigenvalue weighted by atomic mass is 32.2. The van der Waals surface area contributed by atoms with Crippen molar-refractivity contribution in [2.75, 3.05) is 11.9 Å². The van der Waals surface area contributed by atoms with Gasteiger partial charge < -0.3 is 5.32 Å². The molecule has 0 bridgehead atoms. The summed E-state index contributed by atoms with van der Waals surface area (Å²) in [6.07, 6.45) is 4.81. The average Bonchev–Trinajstić information content (AvgIpc) is 3.14. The fraction of sp³-hybridized carbons (Fsp3) is 0.346. The monoisotopic (exact) mass is 447 g/mol. The highest BCUT2D eigenvalue weighted by Gasteiger charge is 2.40. The summed E-state index contributed by atoms with van der Waals surface area (Å²) in [6, 6.07) is 18.1. The van der Waals surface area contributed by atoms with E-state index in [0.717, 1.165) is 36.8 Å². The molecule has 5 nitrogen and oxygen atoms in total. The largest absolute Gasteiger partial charge is 0.354 e. The van der Waals surface area contributed by atoms with Crippen LogP contribution in [0, 0.1) is 11.3 Å². The Bertz CT molecular complexity index is 1040. The number of likely N-dealkylation sites (N-methyl/N-ethyl adjacent to an activating group) is 1. The zero-order valence-corrected chi connectivity index (χ0v) is 19.7. The molecule has 1 saturated heterocycles. The first-order valence-corrected chi connectivity index (χ1v) is 11.9. The summed E-state index contributed by atoms with van der Waals surface area (Å²) in [6.45, 7) is 4.25. The summed E-state index contributed by atoms with van der Waals surface area (Å²) in [5.41, 5.74) is 4.15. The van der Waals surface area contributed by atoms with Crippen LogP contribution in [0.25, 0.3) is 0 Å². The number of nitriles is 1. The van der Waals surface area contributed by atoms with E-state index in [1.54, 1.807) is 0 Å². The van der Waals surface area contributed by atoms with Crippen LogP contribution in [0.15, 0.2) is 59.1 Å². The molecule has 166 valence electrons. The van der Waals surface area contributed by atoms with Gasteiger partial charge in [0.1, 0.15) is 16.7 Å². The zero-order valence-electron chi connectivity index (χ0n) is 18.9. The summed E-state index contributed by atoms with van der Waals surface area (Å²) >= 11 is 1.29. The Morgan fingerprint density at radius 2 is 1.69 bits per heavy atom. The van der Waals surface area contributed by atoms with Gasteiger partial charge in [0.2, 0.25) is 5.91 Å². The van der Waals surface area contributed by atoms with Crippen molar-refractivity contribution in [2.45, 2.75) is 51.2 Å². The van der Waals surface area contributed by atoms with Crippen LogP contribution < -0.4 is 10.2 Å². The number of hydrogen-bond acceptors (Lipinski definition) is 4. The smallest absolute Gasteiger partial charge is 0.264 e. The molecule has 3 rings (SSSR count). The summed E-state index contributed by atoms with van der Waals surface area (Å²) in [7, 11) is 1.49. The lowest BCUT2D eigenvalue weighted by Crippen LogP contribution is -2.31. The van der Waals surface area contributed by atoms with Crippen molar-refractivity contribution < 1.29 is 9.59 Å². The Kier molecular flexibility index (Phi) is 8.13. The molecule has 0 radical (unpaired) electrons. The van der Waals surface area contributed by atoms with E-state index >= 15 is 0 Å². The first-order chi connectivity index (χ1) is 15.5. The van der Waals surface area contributed by atoms with Gasteiger partial charge in [-0.15, -0.1) is 0 Å². The van der Waals surface area contributed by atoms with E-state index in [0.29, 0.717) is 17.1 Å². The van der Waals surface area contributed by atoms with E-state index in [-0.39, 0.29) is 11.5 Å². The third kappa shape index (κ3) is 5.23. The molecule has 0 spiro atoms. The number of hydrogen-bond donors (Lipinski definition) is 1. The fourth-order valence-electron chi connectivity index (χ4n) is 3.66. The van der Waals surface area contributed by atoms with Crippen molar-refractivity contribution >= 4 is 29.3 Å². The second kappa shape index (κ2) is 11.0. The first-order valence-electron chi connectivity index (χ1n) is 11.1. The normalized spacial score (nSPS) is 17.2. The summed E-state index contributed by atoms with van der Waals surface area (Å²) in [4.78, 5) is 27.3. The number of rotatable bonds is 8. The molecular weight excluding hydrogens is 418 g/mol. The minimum Gasteiger partial charge on any atom is -0.354 e. The highest BCUT2D eigenvalue weighted by molar-refractivity contribution is 8.05. The lowest BCUT2D eigenvalue weighted by atomic mass is 10.0. The van der Waals surface area contributed by atoms with E-state index < -0.39 is 11.2 Å². The van der Waals surface area contributed by atoms with Crippen molar-refractivity contribution in [1.29, 1.82) is 5.26 Å². The molecule has 1 aliphatic rings. The van der Waals surface area contributed by atoms with Gasteiger partial charge in [0.25, 0.3) is 5.91 Å². The minimum absolute atomic E-state index is 0.0390. The van der Waals surface area contributed by atoms with E-state index in [1.807, 2.05) is 30.3 Å². The second-order valence-corrected chi connectivity index (χ2v) is 8.99. The summed E-state index contributed by atoms with van der Waals surface area (Å²) < 4.78 is 0. The topological polar surface area (TPSA) is 73.2 Å². The molecule has 0 aliphatic carbocycles. The van der Waals surface area contributed by atoms with Crippen LogP contribution >= 0.6 is 11.8 Å². The predicted octanol–water partition coefficient (Wildman–Crippen LogP) is 4.76. The van der Waals surface area contributed by atoms with Crippen molar-refractivity contribution in [1.82, 2.24) is 5.32 Å². The molecule has 1 aliphatic heterocycles. The van der Waals surface area contributed by atoms with E-state index in [2.05, 4.69) is 43.4 Å². The Balaban J connectivity index is 1.92. The van der Waals surface area contributed by atoms with Gasteiger partial charge in [-0.05, 0) is 54.5 Å². The van der Waals surface area contributed by atoms with Crippen LogP contribution in [-0.2, 0) is 28.9 Å². The number of anilines is 1. The molecule has 2 aromatic carbocycles. The summed E-state index contributed by atoms with van der Waals surface area (Å²) in [5, 5.41) is 12.2. The molecule has 2 aromatic rings. The molecule has 6 heteroatoms. The quantitative estimate of drug-likeness (QED) is 0.468. The van der Waals surface area contributed by atoms with Gasteiger partial charge >= 0.3 is 0 Å². The highest BCUT2D eigenvalue weighted by Crippen LogP contribution is 2.42.